The van der Waals surface area contributed by atoms with Crippen molar-refractivity contribution in [2.24, 2.45) is 0 Å². The maximum absolute atomic E-state index is 11.1. The molecular weight excluding hydrogens is 230 g/mol. The number of hydrogen-bond donors (Lipinski definition) is 1. The molecule has 1 rings (SSSR count). The number of nitrogens with two attached hydrogens (primary N) is 1. The summed E-state index contributed by atoms with van der Waals surface area (Å²) in [5.41, 5.74) is 8.36. The third-order valence-electron chi connectivity index (χ3n) is 1.92. The Morgan fingerprint density at radius 1 is 1.54 bits per heavy atom. The fraction of sp³-hybridized carbons (Fsp3) is 0.300. The van der Waals surface area contributed by atoms with E-state index in [0.717, 1.165) is 16.8 Å². The van der Waals surface area contributed by atoms with Gasteiger partial charge in [0.25, 0.3) is 0 Å². The summed E-state index contributed by atoms with van der Waals surface area (Å²) in [6, 6.07) is 5.55. The van der Waals surface area contributed by atoms with Crippen LogP contribution in [0.4, 0.5) is 5.69 Å². The number of carbonyl (C=O) groups excluding carboxylic acids is 1. The number of benzene rings is 1. The Hall–Kier alpha value is -0.830. The van der Waals surface area contributed by atoms with Crippen molar-refractivity contribution < 1.29 is 4.79 Å². The van der Waals surface area contributed by atoms with Crippen LogP contribution in [0.3, 0.4) is 0 Å². The maximum atomic E-state index is 11.1. The zero-order valence-corrected chi connectivity index (χ0v) is 9.26. The normalized spacial score (nSPS) is 12.5. The average molecular weight is 242 g/mol. The first-order chi connectivity index (χ1) is 6.02. The van der Waals surface area contributed by atoms with Gasteiger partial charge >= 0.3 is 0 Å². The molecule has 1 aromatic rings. The third kappa shape index (κ3) is 2.31. The van der Waals surface area contributed by atoms with E-state index >= 15 is 0 Å². The topological polar surface area (TPSA) is 43.1 Å². The molecule has 1 atom stereocenters. The molecule has 13 heavy (non-hydrogen) atoms. The van der Waals surface area contributed by atoms with E-state index in [0.29, 0.717) is 0 Å². The van der Waals surface area contributed by atoms with Gasteiger partial charge < -0.3 is 5.73 Å². The van der Waals surface area contributed by atoms with Crippen molar-refractivity contribution in [1.82, 2.24) is 0 Å². The number of anilines is 1. The van der Waals surface area contributed by atoms with Crippen LogP contribution < -0.4 is 5.73 Å². The Bertz CT molecular complexity index is 336. The maximum Gasteiger partial charge on any atom is 0.147 e. The number of carbonyl (C=O) groups is 1. The van der Waals surface area contributed by atoms with Gasteiger partial charge in [-0.15, -0.1) is 0 Å². The second-order valence-electron chi connectivity index (χ2n) is 3.09. The van der Waals surface area contributed by atoms with Crippen molar-refractivity contribution in [2.75, 3.05) is 5.73 Å². The second-order valence-corrected chi connectivity index (χ2v) is 4.00. The van der Waals surface area contributed by atoms with E-state index in [1.54, 1.807) is 13.0 Å². The zero-order valence-electron chi connectivity index (χ0n) is 7.67. The monoisotopic (exact) mass is 241 g/mol. The van der Waals surface area contributed by atoms with E-state index in [9.17, 15) is 4.79 Å². The summed E-state index contributed by atoms with van der Waals surface area (Å²) in [6.45, 7) is 3.51. The van der Waals surface area contributed by atoms with Crippen LogP contribution in [-0.4, -0.2) is 5.78 Å². The smallest absolute Gasteiger partial charge is 0.147 e. The third-order valence-corrected chi connectivity index (χ3v) is 3.06. The first kappa shape index (κ1) is 10.3. The first-order valence-corrected chi connectivity index (χ1v) is 4.94. The summed E-state index contributed by atoms with van der Waals surface area (Å²) in [5, 5.41) is 0. The lowest BCUT2D eigenvalue weighted by atomic mass is 10.0. The summed E-state index contributed by atoms with van der Waals surface area (Å²) < 4.78 is 0. The molecule has 3 heteroatoms. The number of ketones is 1. The molecule has 2 nitrogen and oxygen atoms in total. The van der Waals surface area contributed by atoms with Gasteiger partial charge in [-0.3, -0.25) is 4.79 Å². The first-order valence-electron chi connectivity index (χ1n) is 4.03. The van der Waals surface area contributed by atoms with E-state index in [-0.39, 0.29) is 10.6 Å². The highest BCUT2D eigenvalue weighted by Crippen LogP contribution is 2.27. The molecule has 70 valence electrons. The lowest BCUT2D eigenvalue weighted by Gasteiger charge is -2.10. The number of alkyl halides is 1. The summed E-state index contributed by atoms with van der Waals surface area (Å²) in [4.78, 5) is 10.9. The summed E-state index contributed by atoms with van der Waals surface area (Å²) >= 11 is 3.34. The zero-order chi connectivity index (χ0) is 10.0. The highest BCUT2D eigenvalue weighted by atomic mass is 79.9. The van der Waals surface area contributed by atoms with Gasteiger partial charge in [0.05, 0.1) is 4.83 Å². The van der Waals surface area contributed by atoms with Gasteiger partial charge in [-0.05, 0) is 37.1 Å². The minimum atomic E-state index is -0.215. The van der Waals surface area contributed by atoms with Crippen LogP contribution in [0.2, 0.25) is 0 Å². The van der Waals surface area contributed by atoms with E-state index in [1.165, 1.54) is 0 Å². The van der Waals surface area contributed by atoms with Gasteiger partial charge in [-0.2, -0.15) is 0 Å². The molecule has 2 N–H and O–H groups in total. The largest absolute Gasteiger partial charge is 0.399 e. The molecule has 0 amide bonds. The predicted molar refractivity (Wildman–Crippen MR) is 57.9 cm³/mol. The minimum Gasteiger partial charge on any atom is -0.399 e. The van der Waals surface area contributed by atoms with Crippen molar-refractivity contribution in [1.29, 1.82) is 0 Å². The molecule has 0 spiro atoms. The molecule has 0 aliphatic heterocycles. The van der Waals surface area contributed by atoms with Crippen molar-refractivity contribution >= 4 is 27.4 Å². The highest BCUT2D eigenvalue weighted by molar-refractivity contribution is 9.09. The molecule has 0 radical (unpaired) electrons. The molecule has 0 saturated heterocycles. The van der Waals surface area contributed by atoms with Crippen LogP contribution in [0.5, 0.6) is 0 Å². The number of halogens is 1. The summed E-state index contributed by atoms with van der Waals surface area (Å²) in [7, 11) is 0. The molecule has 0 fully saturated rings. The van der Waals surface area contributed by atoms with Crippen molar-refractivity contribution in [3.05, 3.63) is 29.3 Å². The second kappa shape index (κ2) is 3.92. The van der Waals surface area contributed by atoms with Crippen LogP contribution in [-0.2, 0) is 4.79 Å². The summed E-state index contributed by atoms with van der Waals surface area (Å²) in [6.07, 6.45) is 0. The molecule has 1 aromatic carbocycles. The number of hydrogen-bond acceptors (Lipinski definition) is 2. The number of nitrogen functional groups attached to an aromatic ring is 1. The van der Waals surface area contributed by atoms with E-state index in [1.807, 2.05) is 19.1 Å². The Morgan fingerprint density at radius 3 is 2.62 bits per heavy atom. The summed E-state index contributed by atoms with van der Waals surface area (Å²) in [5.74, 6) is 0.105. The Morgan fingerprint density at radius 2 is 2.15 bits per heavy atom. The highest BCUT2D eigenvalue weighted by Gasteiger charge is 2.14. The Labute approximate surface area is 86.3 Å². The van der Waals surface area contributed by atoms with Crippen molar-refractivity contribution in [2.45, 2.75) is 18.7 Å². The number of rotatable bonds is 2. The van der Waals surface area contributed by atoms with Crippen LogP contribution in [0.1, 0.15) is 22.9 Å². The average Bonchev–Trinajstić information content (AvgIpc) is 2.03. The number of Topliss-reactive ketones (excluding diaryl/α,β-unsaturated/α-hetero) is 1. The van der Waals surface area contributed by atoms with Gasteiger partial charge in [-0.25, -0.2) is 0 Å². The molecule has 0 aliphatic carbocycles. The number of aryl methyl sites for hydroxylation is 1. The predicted octanol–water partition coefficient (Wildman–Crippen LogP) is 2.60. The molecule has 0 heterocycles. The van der Waals surface area contributed by atoms with Crippen LogP contribution in [0.25, 0.3) is 0 Å². The van der Waals surface area contributed by atoms with E-state index < -0.39 is 0 Å². The molecular formula is C10H12BrNO. The lowest BCUT2D eigenvalue weighted by molar-refractivity contribution is -0.116. The van der Waals surface area contributed by atoms with E-state index in [4.69, 9.17) is 5.73 Å². The van der Waals surface area contributed by atoms with Gasteiger partial charge in [0.15, 0.2) is 0 Å². The van der Waals surface area contributed by atoms with Gasteiger partial charge in [0.1, 0.15) is 5.78 Å². The van der Waals surface area contributed by atoms with Crippen LogP contribution in [0.15, 0.2) is 18.2 Å². The van der Waals surface area contributed by atoms with Crippen LogP contribution in [0, 0.1) is 6.92 Å². The Kier molecular flexibility index (Phi) is 3.09. The Balaban J connectivity index is 3.08. The molecule has 0 bridgehead atoms. The minimum absolute atomic E-state index is 0.105. The molecule has 0 aliphatic rings. The molecule has 0 aromatic heterocycles. The van der Waals surface area contributed by atoms with Gasteiger partial charge in [-0.1, -0.05) is 22.0 Å². The molecule has 0 saturated carbocycles. The van der Waals surface area contributed by atoms with Crippen LogP contribution >= 0.6 is 15.9 Å². The van der Waals surface area contributed by atoms with E-state index in [2.05, 4.69) is 15.9 Å². The fourth-order valence-corrected chi connectivity index (χ4v) is 1.72. The van der Waals surface area contributed by atoms with Crippen molar-refractivity contribution in [3.8, 4) is 0 Å². The fourth-order valence-electron chi connectivity index (χ4n) is 1.20. The quantitative estimate of drug-likeness (QED) is 0.639. The molecule has 1 unspecified atom stereocenters. The SMILES string of the molecule is CC(=O)C(Br)c1ccc(N)cc1C. The standard InChI is InChI=1S/C10H12BrNO/c1-6-5-8(12)3-4-9(6)10(11)7(2)13/h3-5,10H,12H2,1-2H3. The van der Waals surface area contributed by atoms with Gasteiger partial charge in [0, 0.05) is 5.69 Å². The van der Waals surface area contributed by atoms with Gasteiger partial charge in [0.2, 0.25) is 0 Å². The van der Waals surface area contributed by atoms with Crippen molar-refractivity contribution in [3.63, 3.8) is 0 Å². The lowest BCUT2D eigenvalue weighted by Crippen LogP contribution is -2.03.